The lowest BCUT2D eigenvalue weighted by Gasteiger charge is -2.38. The lowest BCUT2D eigenvalue weighted by molar-refractivity contribution is -0.125. The number of nitrogens with zero attached hydrogens (tertiary/aromatic N) is 1. The summed E-state index contributed by atoms with van der Waals surface area (Å²) >= 11 is 0. The van der Waals surface area contributed by atoms with Gasteiger partial charge in [-0.05, 0) is 23.0 Å². The number of nitrogens with two attached hydrogens (primary N) is 1. The smallest absolute Gasteiger partial charge is 0.224 e. The van der Waals surface area contributed by atoms with E-state index in [1.54, 1.807) is 0 Å². The fraction of sp³-hybridized carbons (Fsp3) is 0.632. The van der Waals surface area contributed by atoms with Crippen LogP contribution in [-0.2, 0) is 17.8 Å². The molecule has 0 bridgehead atoms. The summed E-state index contributed by atoms with van der Waals surface area (Å²) in [6, 6.07) is 8.77. The van der Waals surface area contributed by atoms with Crippen LogP contribution in [0.4, 0.5) is 0 Å². The average molecular weight is 317 g/mol. The van der Waals surface area contributed by atoms with Crippen molar-refractivity contribution in [3.05, 3.63) is 35.4 Å². The van der Waals surface area contributed by atoms with Crippen LogP contribution in [0.2, 0.25) is 0 Å². The van der Waals surface area contributed by atoms with Crippen molar-refractivity contribution in [3.8, 4) is 0 Å². The largest absolute Gasteiger partial charge is 0.351 e. The first-order valence-electron chi connectivity index (χ1n) is 8.61. The first-order chi connectivity index (χ1) is 10.8. The summed E-state index contributed by atoms with van der Waals surface area (Å²) in [4.78, 5) is 14.7. The van der Waals surface area contributed by atoms with Gasteiger partial charge in [0.15, 0.2) is 0 Å². The molecule has 1 heterocycles. The number of carbonyl (C=O) groups is 1. The highest BCUT2D eigenvalue weighted by atomic mass is 16.1. The van der Waals surface area contributed by atoms with Crippen LogP contribution < -0.4 is 11.1 Å². The first-order valence-corrected chi connectivity index (χ1v) is 8.61. The quantitative estimate of drug-likeness (QED) is 0.875. The lowest BCUT2D eigenvalue weighted by Crippen LogP contribution is -2.53. The highest BCUT2D eigenvalue weighted by molar-refractivity contribution is 5.78. The van der Waals surface area contributed by atoms with Gasteiger partial charge in [0.2, 0.25) is 5.91 Å². The van der Waals surface area contributed by atoms with Crippen molar-refractivity contribution in [2.75, 3.05) is 19.6 Å². The molecule has 4 nitrogen and oxygen atoms in total. The minimum atomic E-state index is -0.137. The third kappa shape index (κ3) is 4.79. The van der Waals surface area contributed by atoms with Gasteiger partial charge >= 0.3 is 0 Å². The van der Waals surface area contributed by atoms with E-state index in [1.807, 2.05) is 6.92 Å². The van der Waals surface area contributed by atoms with Gasteiger partial charge in [-0.3, -0.25) is 9.69 Å². The molecular weight excluding hydrogens is 286 g/mol. The van der Waals surface area contributed by atoms with Crippen molar-refractivity contribution in [2.45, 2.75) is 46.7 Å². The zero-order valence-corrected chi connectivity index (χ0v) is 14.9. The molecular formula is C19H31N3O. The molecule has 2 rings (SSSR count). The molecule has 1 amide bonds. The Morgan fingerprint density at radius 1 is 1.30 bits per heavy atom. The summed E-state index contributed by atoms with van der Waals surface area (Å²) in [6.07, 6.45) is 1.08. The minimum absolute atomic E-state index is 0.0148. The van der Waals surface area contributed by atoms with Gasteiger partial charge in [-0.25, -0.2) is 0 Å². The van der Waals surface area contributed by atoms with Crippen LogP contribution in [0.3, 0.4) is 0 Å². The number of nitrogens with one attached hydrogen (secondary N) is 1. The van der Waals surface area contributed by atoms with Crippen LogP contribution in [0.25, 0.3) is 0 Å². The summed E-state index contributed by atoms with van der Waals surface area (Å²) < 4.78 is 0. The molecule has 23 heavy (non-hydrogen) atoms. The van der Waals surface area contributed by atoms with E-state index in [-0.39, 0.29) is 23.3 Å². The molecule has 0 radical (unpaired) electrons. The summed E-state index contributed by atoms with van der Waals surface area (Å²) in [6.45, 7) is 11.7. The highest BCUT2D eigenvalue weighted by Gasteiger charge is 2.30. The van der Waals surface area contributed by atoms with Gasteiger partial charge in [-0.15, -0.1) is 0 Å². The number of rotatable bonds is 5. The third-order valence-corrected chi connectivity index (χ3v) is 4.81. The maximum atomic E-state index is 12.3. The van der Waals surface area contributed by atoms with Crippen molar-refractivity contribution in [2.24, 2.45) is 17.1 Å². The molecule has 0 saturated carbocycles. The maximum Gasteiger partial charge on any atom is 0.224 e. The fourth-order valence-corrected chi connectivity index (χ4v) is 2.93. The summed E-state index contributed by atoms with van der Waals surface area (Å²) in [5, 5.41) is 3.22. The minimum Gasteiger partial charge on any atom is -0.351 e. The van der Waals surface area contributed by atoms with Gasteiger partial charge in [0.05, 0.1) is 0 Å². The SMILES string of the molecule is CC(CN)C(=O)NC(CN1CCc2ccccc2C1)C(C)(C)C. The van der Waals surface area contributed by atoms with Crippen molar-refractivity contribution in [1.82, 2.24) is 10.2 Å². The standard InChI is InChI=1S/C19H31N3O/c1-14(11-20)18(23)21-17(19(2,3)4)13-22-10-9-15-7-5-6-8-16(15)12-22/h5-8,14,17H,9-13,20H2,1-4H3,(H,21,23). The molecule has 1 aromatic carbocycles. The molecule has 0 saturated heterocycles. The second kappa shape index (κ2) is 7.45. The van der Waals surface area contributed by atoms with Crippen LogP contribution in [-0.4, -0.2) is 36.5 Å². The Labute approximate surface area is 140 Å². The molecule has 0 fully saturated rings. The Balaban J connectivity index is 2.03. The van der Waals surface area contributed by atoms with Crippen LogP contribution >= 0.6 is 0 Å². The van der Waals surface area contributed by atoms with E-state index in [2.05, 4.69) is 55.3 Å². The number of benzene rings is 1. The van der Waals surface area contributed by atoms with E-state index in [0.29, 0.717) is 6.54 Å². The van der Waals surface area contributed by atoms with Crippen molar-refractivity contribution < 1.29 is 4.79 Å². The number of carbonyl (C=O) groups excluding carboxylic acids is 1. The van der Waals surface area contributed by atoms with Crippen molar-refractivity contribution in [1.29, 1.82) is 0 Å². The zero-order valence-electron chi connectivity index (χ0n) is 14.9. The van der Waals surface area contributed by atoms with Crippen molar-refractivity contribution >= 4 is 5.91 Å². The van der Waals surface area contributed by atoms with Crippen LogP contribution in [0.5, 0.6) is 0 Å². The molecule has 4 heteroatoms. The van der Waals surface area contributed by atoms with E-state index in [1.165, 1.54) is 11.1 Å². The van der Waals surface area contributed by atoms with Gasteiger partial charge in [0, 0.05) is 38.1 Å². The Hall–Kier alpha value is -1.39. The molecule has 2 unspecified atom stereocenters. The lowest BCUT2D eigenvalue weighted by atomic mass is 9.85. The highest BCUT2D eigenvalue weighted by Crippen LogP contribution is 2.24. The Morgan fingerprint density at radius 2 is 1.96 bits per heavy atom. The second-order valence-corrected chi connectivity index (χ2v) is 7.82. The van der Waals surface area contributed by atoms with E-state index < -0.39 is 0 Å². The average Bonchev–Trinajstić information content (AvgIpc) is 2.52. The molecule has 0 aliphatic carbocycles. The number of hydrogen-bond donors (Lipinski definition) is 2. The number of hydrogen-bond acceptors (Lipinski definition) is 3. The first kappa shape index (κ1) is 18.0. The molecule has 1 aromatic rings. The van der Waals surface area contributed by atoms with E-state index >= 15 is 0 Å². The van der Waals surface area contributed by atoms with E-state index in [0.717, 1.165) is 26.1 Å². The Morgan fingerprint density at radius 3 is 2.57 bits per heavy atom. The molecule has 1 aliphatic heterocycles. The van der Waals surface area contributed by atoms with E-state index in [4.69, 9.17) is 5.73 Å². The predicted molar refractivity (Wildman–Crippen MR) is 95.0 cm³/mol. The number of fused-ring (bicyclic) bond motifs is 1. The molecule has 0 aromatic heterocycles. The normalized spacial score (nSPS) is 18.1. The molecule has 128 valence electrons. The number of amides is 1. The van der Waals surface area contributed by atoms with Crippen LogP contribution in [0.15, 0.2) is 24.3 Å². The summed E-state index contributed by atoms with van der Waals surface area (Å²) in [5.74, 6) is -0.0771. The second-order valence-electron chi connectivity index (χ2n) is 7.82. The van der Waals surface area contributed by atoms with Gasteiger partial charge in [-0.1, -0.05) is 52.0 Å². The molecule has 1 aliphatic rings. The zero-order chi connectivity index (χ0) is 17.0. The van der Waals surface area contributed by atoms with Crippen molar-refractivity contribution in [3.63, 3.8) is 0 Å². The van der Waals surface area contributed by atoms with Gasteiger partial charge < -0.3 is 11.1 Å². The monoisotopic (exact) mass is 317 g/mol. The molecule has 3 N–H and O–H groups in total. The Bertz CT molecular complexity index is 536. The predicted octanol–water partition coefficient (Wildman–Crippen LogP) is 2.17. The molecule has 0 spiro atoms. The fourth-order valence-electron chi connectivity index (χ4n) is 2.93. The van der Waals surface area contributed by atoms with Crippen LogP contribution in [0, 0.1) is 11.3 Å². The van der Waals surface area contributed by atoms with Gasteiger partial charge in [-0.2, -0.15) is 0 Å². The van der Waals surface area contributed by atoms with Crippen LogP contribution in [0.1, 0.15) is 38.8 Å². The van der Waals surface area contributed by atoms with E-state index in [9.17, 15) is 4.79 Å². The molecule has 2 atom stereocenters. The Kier molecular flexibility index (Phi) is 5.82. The topological polar surface area (TPSA) is 58.4 Å². The maximum absolute atomic E-state index is 12.3. The third-order valence-electron chi connectivity index (χ3n) is 4.81. The summed E-state index contributed by atoms with van der Waals surface area (Å²) in [5.41, 5.74) is 8.50. The van der Waals surface area contributed by atoms with Gasteiger partial charge in [0.1, 0.15) is 0 Å². The van der Waals surface area contributed by atoms with Gasteiger partial charge in [0.25, 0.3) is 0 Å². The summed E-state index contributed by atoms with van der Waals surface area (Å²) in [7, 11) is 0.